The third kappa shape index (κ3) is 6.25. The number of amides is 1. The van der Waals surface area contributed by atoms with E-state index in [0.29, 0.717) is 19.5 Å². The maximum Gasteiger partial charge on any atom is 0.233 e. The number of carbonyl (C=O) groups is 1. The van der Waals surface area contributed by atoms with Gasteiger partial charge in [0.25, 0.3) is 0 Å². The van der Waals surface area contributed by atoms with Gasteiger partial charge < -0.3 is 10.6 Å². The molecule has 5 nitrogen and oxygen atoms in total. The molecule has 5 heteroatoms. The molecule has 1 aliphatic carbocycles. The molecule has 0 atom stereocenters. The minimum atomic E-state index is -0.0327. The van der Waals surface area contributed by atoms with Gasteiger partial charge in [0, 0.05) is 25.7 Å². The average Bonchev–Trinajstić information content (AvgIpc) is 3.14. The van der Waals surface area contributed by atoms with Gasteiger partial charge in [-0.2, -0.15) is 5.26 Å². The van der Waals surface area contributed by atoms with Crippen molar-refractivity contribution in [3.05, 3.63) is 0 Å². The lowest BCUT2D eigenvalue weighted by molar-refractivity contribution is -0.120. The van der Waals surface area contributed by atoms with Crippen LogP contribution in [0.25, 0.3) is 0 Å². The van der Waals surface area contributed by atoms with E-state index in [4.69, 9.17) is 5.26 Å². The molecule has 1 rings (SSSR count). The van der Waals surface area contributed by atoms with E-state index in [1.54, 1.807) is 0 Å². The first-order valence-corrected chi connectivity index (χ1v) is 6.36. The fraction of sp³-hybridized carbons (Fsp3) is 0.833. The van der Waals surface area contributed by atoms with Crippen molar-refractivity contribution >= 4 is 5.91 Å². The third-order valence-corrected chi connectivity index (χ3v) is 2.89. The van der Waals surface area contributed by atoms with Crippen molar-refractivity contribution in [1.29, 1.82) is 5.26 Å². The first-order chi connectivity index (χ1) is 8.27. The zero-order valence-corrected chi connectivity index (χ0v) is 10.5. The summed E-state index contributed by atoms with van der Waals surface area (Å²) in [6, 6.07) is 2.77. The van der Waals surface area contributed by atoms with Crippen molar-refractivity contribution in [3.63, 3.8) is 0 Å². The van der Waals surface area contributed by atoms with Crippen LogP contribution >= 0.6 is 0 Å². The molecule has 1 amide bonds. The average molecular weight is 238 g/mol. The van der Waals surface area contributed by atoms with Gasteiger partial charge in [-0.25, -0.2) is 0 Å². The van der Waals surface area contributed by atoms with E-state index in [1.165, 1.54) is 12.8 Å². The van der Waals surface area contributed by atoms with E-state index in [0.717, 1.165) is 25.7 Å². The third-order valence-electron chi connectivity index (χ3n) is 2.89. The zero-order valence-electron chi connectivity index (χ0n) is 10.5. The van der Waals surface area contributed by atoms with Crippen molar-refractivity contribution in [3.8, 4) is 6.07 Å². The minimum Gasteiger partial charge on any atom is -0.354 e. The molecule has 1 saturated carbocycles. The molecule has 0 radical (unpaired) electrons. The molecule has 0 aliphatic heterocycles. The molecule has 17 heavy (non-hydrogen) atoms. The first-order valence-electron chi connectivity index (χ1n) is 6.36. The molecule has 0 aromatic rings. The van der Waals surface area contributed by atoms with Gasteiger partial charge in [0.15, 0.2) is 0 Å². The highest BCUT2D eigenvalue weighted by Crippen LogP contribution is 2.25. The fourth-order valence-electron chi connectivity index (χ4n) is 1.78. The number of hydrogen-bond donors (Lipinski definition) is 2. The van der Waals surface area contributed by atoms with Gasteiger partial charge in [-0.1, -0.05) is 6.92 Å². The second-order valence-electron chi connectivity index (χ2n) is 4.29. The summed E-state index contributed by atoms with van der Waals surface area (Å²) in [5.74, 6) is -0.0327. The molecule has 0 saturated heterocycles. The molecule has 0 unspecified atom stereocenters. The highest BCUT2D eigenvalue weighted by atomic mass is 16.1. The Morgan fingerprint density at radius 2 is 2.24 bits per heavy atom. The van der Waals surface area contributed by atoms with Gasteiger partial charge in [-0.3, -0.25) is 9.69 Å². The van der Waals surface area contributed by atoms with E-state index < -0.39 is 0 Å². The van der Waals surface area contributed by atoms with E-state index in [-0.39, 0.29) is 5.91 Å². The van der Waals surface area contributed by atoms with Crippen LogP contribution in [0.3, 0.4) is 0 Å². The number of nitriles is 1. The number of hydrogen-bond acceptors (Lipinski definition) is 4. The number of nitrogens with one attached hydrogen (secondary N) is 2. The van der Waals surface area contributed by atoms with E-state index >= 15 is 0 Å². The molecule has 0 bridgehead atoms. The van der Waals surface area contributed by atoms with Crippen LogP contribution in [0.15, 0.2) is 0 Å². The summed E-state index contributed by atoms with van der Waals surface area (Å²) in [4.78, 5) is 13.7. The van der Waals surface area contributed by atoms with Crippen LogP contribution in [0.2, 0.25) is 0 Å². The normalized spacial score (nSPS) is 14.6. The summed E-state index contributed by atoms with van der Waals surface area (Å²) in [7, 11) is 0. The highest BCUT2D eigenvalue weighted by Gasteiger charge is 2.26. The maximum atomic E-state index is 11.3. The number of likely N-dealkylation sites (N-methyl/N-ethyl adjacent to an activating group) is 1. The summed E-state index contributed by atoms with van der Waals surface area (Å²) in [6.45, 7) is 5.89. The van der Waals surface area contributed by atoms with E-state index in [9.17, 15) is 4.79 Å². The summed E-state index contributed by atoms with van der Waals surface area (Å²) >= 11 is 0. The van der Waals surface area contributed by atoms with E-state index in [1.807, 2.05) is 6.07 Å². The lowest BCUT2D eigenvalue weighted by Crippen LogP contribution is -2.39. The van der Waals surface area contributed by atoms with Crippen LogP contribution in [0.4, 0.5) is 0 Å². The Balaban J connectivity index is 1.95. The van der Waals surface area contributed by atoms with Gasteiger partial charge in [-0.05, 0) is 19.4 Å². The monoisotopic (exact) mass is 238 g/mol. The second-order valence-corrected chi connectivity index (χ2v) is 4.29. The van der Waals surface area contributed by atoms with Crippen LogP contribution in [0, 0.1) is 11.3 Å². The summed E-state index contributed by atoms with van der Waals surface area (Å²) < 4.78 is 0. The van der Waals surface area contributed by atoms with Crippen molar-refractivity contribution in [2.24, 2.45) is 0 Å². The quantitative estimate of drug-likeness (QED) is 0.559. The van der Waals surface area contributed by atoms with Gasteiger partial charge >= 0.3 is 0 Å². The smallest absolute Gasteiger partial charge is 0.233 e. The van der Waals surface area contributed by atoms with Gasteiger partial charge in [0.1, 0.15) is 0 Å². The molecule has 1 fully saturated rings. The van der Waals surface area contributed by atoms with Crippen molar-refractivity contribution < 1.29 is 4.79 Å². The Morgan fingerprint density at radius 1 is 1.47 bits per heavy atom. The Kier molecular flexibility index (Phi) is 6.60. The van der Waals surface area contributed by atoms with Crippen molar-refractivity contribution in [1.82, 2.24) is 15.5 Å². The van der Waals surface area contributed by atoms with Gasteiger partial charge in [-0.15, -0.1) is 0 Å². The summed E-state index contributed by atoms with van der Waals surface area (Å²) in [5.41, 5.74) is 0. The number of rotatable bonds is 9. The maximum absolute atomic E-state index is 11.3. The van der Waals surface area contributed by atoms with Crippen LogP contribution < -0.4 is 10.6 Å². The first kappa shape index (κ1) is 13.9. The molecular formula is C12H22N4O. The zero-order chi connectivity index (χ0) is 12.5. The van der Waals surface area contributed by atoms with Crippen LogP contribution in [0.1, 0.15) is 26.2 Å². The Morgan fingerprint density at radius 3 is 2.82 bits per heavy atom. The van der Waals surface area contributed by atoms with Crippen molar-refractivity contribution in [2.45, 2.75) is 32.2 Å². The predicted molar refractivity (Wildman–Crippen MR) is 66.4 cm³/mol. The molecule has 0 aromatic carbocycles. The standard InChI is InChI=1S/C12H22N4O/c1-2-16(11-4-5-11)9-8-14-10-12(17)15-7-3-6-13/h11,14H,2-5,7-10H2,1H3,(H,15,17). The molecule has 96 valence electrons. The van der Waals surface area contributed by atoms with Gasteiger partial charge in [0.05, 0.1) is 19.0 Å². The van der Waals surface area contributed by atoms with Crippen LogP contribution in [-0.4, -0.2) is 49.6 Å². The lowest BCUT2D eigenvalue weighted by Gasteiger charge is -2.19. The summed E-state index contributed by atoms with van der Waals surface area (Å²) in [5, 5.41) is 14.1. The molecule has 0 spiro atoms. The number of nitrogens with zero attached hydrogens (tertiary/aromatic N) is 2. The molecule has 0 aromatic heterocycles. The van der Waals surface area contributed by atoms with E-state index in [2.05, 4.69) is 22.5 Å². The van der Waals surface area contributed by atoms with Crippen LogP contribution in [-0.2, 0) is 4.79 Å². The summed E-state index contributed by atoms with van der Waals surface area (Å²) in [6.07, 6.45) is 3.02. The molecule has 0 heterocycles. The topological polar surface area (TPSA) is 68.2 Å². The lowest BCUT2D eigenvalue weighted by atomic mass is 10.4. The fourth-order valence-corrected chi connectivity index (χ4v) is 1.78. The Bertz CT molecular complexity index is 270. The molecular weight excluding hydrogens is 216 g/mol. The second kappa shape index (κ2) is 8.04. The largest absolute Gasteiger partial charge is 0.354 e. The molecule has 1 aliphatic rings. The SMILES string of the molecule is CCN(CCNCC(=O)NCCC#N)C1CC1. The highest BCUT2D eigenvalue weighted by molar-refractivity contribution is 5.77. The Hall–Kier alpha value is -1.12. The van der Waals surface area contributed by atoms with Crippen molar-refractivity contribution in [2.75, 3.05) is 32.7 Å². The predicted octanol–water partition coefficient (Wildman–Crippen LogP) is 0.0902. The Labute approximate surface area is 103 Å². The number of carbonyl (C=O) groups excluding carboxylic acids is 1. The van der Waals surface area contributed by atoms with Gasteiger partial charge in [0.2, 0.25) is 5.91 Å². The molecule has 2 N–H and O–H groups in total. The van der Waals surface area contributed by atoms with Crippen LogP contribution in [0.5, 0.6) is 0 Å². The minimum absolute atomic E-state index is 0.0327.